The van der Waals surface area contributed by atoms with Crippen molar-refractivity contribution in [2.75, 3.05) is 19.6 Å². The summed E-state index contributed by atoms with van der Waals surface area (Å²) in [6.07, 6.45) is 6.63. The minimum atomic E-state index is 0.119. The second kappa shape index (κ2) is 7.61. The van der Waals surface area contributed by atoms with E-state index in [1.807, 2.05) is 17.9 Å². The topological polar surface area (TPSA) is 78.3 Å². The monoisotopic (exact) mass is 331 g/mol. The van der Waals surface area contributed by atoms with Gasteiger partial charge < -0.3 is 14.4 Å². The Bertz CT molecular complexity index is 652. The predicted octanol–water partition coefficient (Wildman–Crippen LogP) is 2.22. The lowest BCUT2D eigenvalue weighted by atomic mass is 10.1. The summed E-state index contributed by atoms with van der Waals surface area (Å²) in [5.41, 5.74) is 0.739. The lowest BCUT2D eigenvalue weighted by Crippen LogP contribution is -2.37. The Balaban J connectivity index is 1.60. The number of likely N-dealkylation sites (tertiary alicyclic amines) is 1. The highest BCUT2D eigenvalue weighted by molar-refractivity contribution is 5.94. The van der Waals surface area contributed by atoms with Crippen molar-refractivity contribution >= 4 is 5.91 Å². The molecule has 2 aromatic rings. The molecule has 0 aromatic carbocycles. The Morgan fingerprint density at radius 3 is 3.00 bits per heavy atom. The van der Waals surface area contributed by atoms with Crippen molar-refractivity contribution in [2.45, 2.75) is 45.7 Å². The van der Waals surface area contributed by atoms with Gasteiger partial charge in [-0.2, -0.15) is 4.98 Å². The van der Waals surface area contributed by atoms with Crippen LogP contribution in [0, 0.1) is 6.92 Å². The Morgan fingerprint density at radius 2 is 2.33 bits per heavy atom. The highest BCUT2D eigenvalue weighted by atomic mass is 16.5. The first kappa shape index (κ1) is 16.7. The summed E-state index contributed by atoms with van der Waals surface area (Å²) >= 11 is 0. The minimum absolute atomic E-state index is 0.119. The Labute approximate surface area is 142 Å². The van der Waals surface area contributed by atoms with E-state index in [1.54, 1.807) is 12.4 Å². The lowest BCUT2D eigenvalue weighted by molar-refractivity contribution is 0.0756. The van der Waals surface area contributed by atoms with Crippen LogP contribution in [0.15, 0.2) is 23.0 Å². The molecule has 1 fully saturated rings. The van der Waals surface area contributed by atoms with E-state index in [-0.39, 0.29) is 5.91 Å². The molecule has 0 bridgehead atoms. The number of aromatic amines is 1. The Kier molecular flexibility index (Phi) is 5.30. The molecule has 2 aromatic heterocycles. The molecule has 0 spiro atoms. The molecule has 24 heavy (non-hydrogen) atoms. The molecule has 3 rings (SSSR count). The molecule has 1 saturated heterocycles. The van der Waals surface area contributed by atoms with Crippen LogP contribution in [0.5, 0.6) is 0 Å². The highest BCUT2D eigenvalue weighted by Gasteiger charge is 2.25. The third-order valence-corrected chi connectivity index (χ3v) is 4.67. The number of aromatic nitrogens is 3. The van der Waals surface area contributed by atoms with Crippen LogP contribution < -0.4 is 0 Å². The van der Waals surface area contributed by atoms with Gasteiger partial charge in [-0.3, -0.25) is 9.69 Å². The van der Waals surface area contributed by atoms with Crippen LogP contribution in [-0.2, 0) is 6.54 Å². The number of hydrogen-bond donors (Lipinski definition) is 1. The molecule has 3 heterocycles. The van der Waals surface area contributed by atoms with Crippen molar-refractivity contribution < 1.29 is 9.32 Å². The fourth-order valence-corrected chi connectivity index (χ4v) is 3.37. The van der Waals surface area contributed by atoms with E-state index in [0.717, 1.165) is 50.3 Å². The Hall–Kier alpha value is -2.15. The maximum Gasteiger partial charge on any atom is 0.255 e. The number of rotatable bonds is 5. The lowest BCUT2D eigenvalue weighted by Gasteiger charge is -2.28. The largest absolute Gasteiger partial charge is 0.367 e. The molecular formula is C17H25N5O2. The van der Waals surface area contributed by atoms with E-state index >= 15 is 0 Å². The van der Waals surface area contributed by atoms with E-state index in [4.69, 9.17) is 4.52 Å². The van der Waals surface area contributed by atoms with Crippen molar-refractivity contribution in [1.29, 1.82) is 0 Å². The number of carbonyl (C=O) groups is 1. The molecule has 1 amide bonds. The molecule has 1 N–H and O–H groups in total. The first-order valence-electron chi connectivity index (χ1n) is 8.62. The van der Waals surface area contributed by atoms with Gasteiger partial charge in [0.1, 0.15) is 0 Å². The van der Waals surface area contributed by atoms with E-state index in [0.29, 0.717) is 18.5 Å². The minimum Gasteiger partial charge on any atom is -0.367 e. The van der Waals surface area contributed by atoms with E-state index < -0.39 is 0 Å². The molecule has 0 saturated carbocycles. The average Bonchev–Trinajstić information content (AvgIpc) is 3.19. The van der Waals surface area contributed by atoms with Gasteiger partial charge in [-0.1, -0.05) is 12.1 Å². The molecule has 0 unspecified atom stereocenters. The third-order valence-electron chi connectivity index (χ3n) is 4.67. The number of carbonyl (C=O) groups excluding carboxylic acids is 1. The third kappa shape index (κ3) is 3.84. The second-order valence-corrected chi connectivity index (χ2v) is 6.27. The number of nitrogens with zero attached hydrogens (tertiary/aromatic N) is 4. The SMILES string of the molecule is CCN(Cc1noc(C)n1)[C@@H]1CCCN(C(=O)c2cc[nH]c2)CC1. The van der Waals surface area contributed by atoms with E-state index in [2.05, 4.69) is 26.9 Å². The van der Waals surface area contributed by atoms with Crippen LogP contribution in [-0.4, -0.2) is 56.5 Å². The number of aryl methyl sites for hydroxylation is 1. The smallest absolute Gasteiger partial charge is 0.255 e. The number of nitrogens with one attached hydrogen (secondary N) is 1. The molecule has 130 valence electrons. The maximum atomic E-state index is 12.5. The quantitative estimate of drug-likeness (QED) is 0.909. The maximum absolute atomic E-state index is 12.5. The van der Waals surface area contributed by atoms with Crippen molar-refractivity contribution in [3.8, 4) is 0 Å². The molecule has 1 atom stereocenters. The van der Waals surface area contributed by atoms with Gasteiger partial charge in [0.05, 0.1) is 12.1 Å². The first-order valence-corrected chi connectivity index (χ1v) is 8.62. The van der Waals surface area contributed by atoms with E-state index in [9.17, 15) is 4.79 Å². The van der Waals surface area contributed by atoms with Crippen LogP contribution in [0.25, 0.3) is 0 Å². The summed E-state index contributed by atoms with van der Waals surface area (Å²) < 4.78 is 5.07. The molecule has 0 aliphatic carbocycles. The normalized spacial score (nSPS) is 18.8. The summed E-state index contributed by atoms with van der Waals surface area (Å²) in [6.45, 7) is 7.20. The zero-order chi connectivity index (χ0) is 16.9. The number of amides is 1. The van der Waals surface area contributed by atoms with Gasteiger partial charge in [-0.25, -0.2) is 0 Å². The molecule has 0 radical (unpaired) electrons. The number of hydrogen-bond acceptors (Lipinski definition) is 5. The highest BCUT2D eigenvalue weighted by Crippen LogP contribution is 2.20. The van der Waals surface area contributed by atoms with Crippen molar-refractivity contribution in [1.82, 2.24) is 24.9 Å². The zero-order valence-electron chi connectivity index (χ0n) is 14.4. The second-order valence-electron chi connectivity index (χ2n) is 6.27. The van der Waals surface area contributed by atoms with Gasteiger partial charge in [0.2, 0.25) is 5.89 Å². The van der Waals surface area contributed by atoms with Crippen LogP contribution in [0.4, 0.5) is 0 Å². The van der Waals surface area contributed by atoms with Crippen LogP contribution in [0.3, 0.4) is 0 Å². The van der Waals surface area contributed by atoms with Crippen LogP contribution >= 0.6 is 0 Å². The average molecular weight is 331 g/mol. The zero-order valence-corrected chi connectivity index (χ0v) is 14.4. The predicted molar refractivity (Wildman–Crippen MR) is 89.5 cm³/mol. The molecule has 1 aliphatic rings. The molecule has 7 heteroatoms. The van der Waals surface area contributed by atoms with E-state index in [1.165, 1.54) is 0 Å². The van der Waals surface area contributed by atoms with Crippen LogP contribution in [0.1, 0.15) is 48.3 Å². The van der Waals surface area contributed by atoms with Gasteiger partial charge in [-0.05, 0) is 31.9 Å². The van der Waals surface area contributed by atoms with Gasteiger partial charge in [0.25, 0.3) is 5.91 Å². The summed E-state index contributed by atoms with van der Waals surface area (Å²) in [7, 11) is 0. The summed E-state index contributed by atoms with van der Waals surface area (Å²) in [4.78, 5) is 24.1. The molecule has 7 nitrogen and oxygen atoms in total. The van der Waals surface area contributed by atoms with Crippen molar-refractivity contribution in [3.05, 3.63) is 35.7 Å². The molecular weight excluding hydrogens is 306 g/mol. The summed E-state index contributed by atoms with van der Waals surface area (Å²) in [6, 6.07) is 2.28. The standard InChI is InChI=1S/C17H25N5O2/c1-3-21(12-16-19-13(2)24-20-16)15-5-4-9-22(10-7-15)17(23)14-6-8-18-11-14/h6,8,11,15,18H,3-5,7,9-10,12H2,1-2H3/t15-/m1/s1. The first-order chi connectivity index (χ1) is 11.7. The van der Waals surface area contributed by atoms with Gasteiger partial charge in [0.15, 0.2) is 5.82 Å². The Morgan fingerprint density at radius 1 is 1.46 bits per heavy atom. The fourth-order valence-electron chi connectivity index (χ4n) is 3.37. The van der Waals surface area contributed by atoms with Gasteiger partial charge in [0, 0.05) is 38.4 Å². The number of H-pyrrole nitrogens is 1. The molecule has 1 aliphatic heterocycles. The fraction of sp³-hybridized carbons (Fsp3) is 0.588. The van der Waals surface area contributed by atoms with Crippen molar-refractivity contribution in [2.24, 2.45) is 0 Å². The van der Waals surface area contributed by atoms with Gasteiger partial charge >= 0.3 is 0 Å². The summed E-state index contributed by atoms with van der Waals surface area (Å²) in [5, 5.41) is 4.00. The van der Waals surface area contributed by atoms with Crippen molar-refractivity contribution in [3.63, 3.8) is 0 Å². The van der Waals surface area contributed by atoms with Gasteiger partial charge in [-0.15, -0.1) is 0 Å². The summed E-state index contributed by atoms with van der Waals surface area (Å²) in [5.74, 6) is 1.46. The van der Waals surface area contributed by atoms with Crippen LogP contribution in [0.2, 0.25) is 0 Å².